The smallest absolute Gasteiger partial charge is 0.293 e. The Morgan fingerprint density at radius 1 is 1.41 bits per heavy atom. The maximum absolute atomic E-state index is 12.4. The van der Waals surface area contributed by atoms with Crippen LogP contribution in [0.4, 0.5) is 0 Å². The molecule has 0 aliphatic heterocycles. The molecule has 0 unspecified atom stereocenters. The second kappa shape index (κ2) is 7.78. The topological polar surface area (TPSA) is 67.8 Å². The average Bonchev–Trinajstić information content (AvgIpc) is 2.85. The normalized spacial score (nSPS) is 12.3. The van der Waals surface area contributed by atoms with E-state index in [4.69, 9.17) is 0 Å². The Bertz CT molecular complexity index is 694. The standard InChI is InChI=1S/C15H18BrN3O2S/c1-3-4-9-19-14(21)17-18-15(19)22-10(2)13(20)11-5-7-12(16)8-6-11/h5-8,10H,3-4,9H2,1-2H3,(H,17,21)/t10-/m0/s1. The molecule has 22 heavy (non-hydrogen) atoms. The number of aromatic nitrogens is 3. The number of carbonyl (C=O) groups excluding carboxylic acids is 1. The highest BCUT2D eigenvalue weighted by atomic mass is 79.9. The summed E-state index contributed by atoms with van der Waals surface area (Å²) in [5.41, 5.74) is 0.431. The number of hydrogen-bond acceptors (Lipinski definition) is 4. The molecule has 7 heteroatoms. The number of aromatic amines is 1. The SMILES string of the molecule is CCCCn1c(S[C@@H](C)C(=O)c2ccc(Br)cc2)n[nH]c1=O. The molecule has 118 valence electrons. The number of halogens is 1. The van der Waals surface area contributed by atoms with Crippen molar-refractivity contribution in [3.8, 4) is 0 Å². The summed E-state index contributed by atoms with van der Waals surface area (Å²) < 4.78 is 2.53. The molecule has 0 aliphatic carbocycles. The third-order valence-electron chi connectivity index (χ3n) is 3.24. The van der Waals surface area contributed by atoms with E-state index in [2.05, 4.69) is 33.1 Å². The molecule has 0 amide bonds. The van der Waals surface area contributed by atoms with Crippen LogP contribution in [0.1, 0.15) is 37.0 Å². The maximum atomic E-state index is 12.4. The second-order valence-electron chi connectivity index (χ2n) is 4.95. The van der Waals surface area contributed by atoms with Crippen LogP contribution in [0.3, 0.4) is 0 Å². The predicted molar refractivity (Wildman–Crippen MR) is 91.5 cm³/mol. The minimum absolute atomic E-state index is 0.0231. The molecule has 1 atom stereocenters. The van der Waals surface area contributed by atoms with Crippen molar-refractivity contribution < 1.29 is 4.79 Å². The number of nitrogens with zero attached hydrogens (tertiary/aromatic N) is 2. The molecule has 2 aromatic rings. The highest BCUT2D eigenvalue weighted by molar-refractivity contribution is 9.10. The molecule has 0 bridgehead atoms. The van der Waals surface area contributed by atoms with Gasteiger partial charge in [-0.25, -0.2) is 9.89 Å². The first kappa shape index (κ1) is 17.0. The fourth-order valence-electron chi connectivity index (χ4n) is 1.97. The summed E-state index contributed by atoms with van der Waals surface area (Å²) in [6, 6.07) is 7.27. The molecule has 1 N–H and O–H groups in total. The molecule has 0 saturated carbocycles. The van der Waals surface area contributed by atoms with Gasteiger partial charge in [0.1, 0.15) is 0 Å². The van der Waals surface area contributed by atoms with E-state index in [0.29, 0.717) is 17.3 Å². The van der Waals surface area contributed by atoms with E-state index in [0.717, 1.165) is 17.3 Å². The zero-order valence-electron chi connectivity index (χ0n) is 12.5. The number of H-pyrrole nitrogens is 1. The molecule has 1 aromatic carbocycles. The van der Waals surface area contributed by atoms with Crippen LogP contribution in [0.5, 0.6) is 0 Å². The molecule has 0 spiro atoms. The van der Waals surface area contributed by atoms with E-state index in [9.17, 15) is 9.59 Å². The predicted octanol–water partition coefficient (Wildman–Crippen LogP) is 3.50. The van der Waals surface area contributed by atoms with Gasteiger partial charge in [0.2, 0.25) is 0 Å². The minimum atomic E-state index is -0.309. The van der Waals surface area contributed by atoms with E-state index in [-0.39, 0.29) is 16.7 Å². The molecular weight excluding hydrogens is 366 g/mol. The third-order valence-corrected chi connectivity index (χ3v) is 4.86. The molecule has 0 saturated heterocycles. The van der Waals surface area contributed by atoms with Crippen LogP contribution in [0.2, 0.25) is 0 Å². The van der Waals surface area contributed by atoms with Crippen molar-refractivity contribution >= 4 is 33.5 Å². The maximum Gasteiger partial charge on any atom is 0.343 e. The zero-order chi connectivity index (χ0) is 16.1. The highest BCUT2D eigenvalue weighted by Crippen LogP contribution is 2.24. The lowest BCUT2D eigenvalue weighted by Gasteiger charge is -2.10. The third kappa shape index (κ3) is 4.10. The van der Waals surface area contributed by atoms with E-state index in [1.165, 1.54) is 11.8 Å². The van der Waals surface area contributed by atoms with Gasteiger partial charge in [0.05, 0.1) is 5.25 Å². The number of carbonyl (C=O) groups is 1. The molecule has 5 nitrogen and oxygen atoms in total. The fourth-order valence-corrected chi connectivity index (χ4v) is 3.19. The second-order valence-corrected chi connectivity index (χ2v) is 7.17. The van der Waals surface area contributed by atoms with Crippen molar-refractivity contribution in [2.75, 3.05) is 0 Å². The van der Waals surface area contributed by atoms with E-state index in [1.54, 1.807) is 16.7 Å². The van der Waals surface area contributed by atoms with Gasteiger partial charge < -0.3 is 0 Å². The molecule has 0 fully saturated rings. The summed E-state index contributed by atoms with van der Waals surface area (Å²) in [7, 11) is 0. The van der Waals surface area contributed by atoms with Crippen molar-refractivity contribution in [2.24, 2.45) is 0 Å². The number of rotatable bonds is 7. The first-order valence-electron chi connectivity index (χ1n) is 7.14. The van der Waals surface area contributed by atoms with Gasteiger partial charge in [-0.3, -0.25) is 9.36 Å². The quantitative estimate of drug-likeness (QED) is 0.586. The summed E-state index contributed by atoms with van der Waals surface area (Å²) in [6.45, 7) is 4.52. The highest BCUT2D eigenvalue weighted by Gasteiger charge is 2.20. The van der Waals surface area contributed by atoms with Gasteiger partial charge in [-0.1, -0.05) is 53.2 Å². The summed E-state index contributed by atoms with van der Waals surface area (Å²) in [6.07, 6.45) is 1.90. The number of nitrogens with one attached hydrogen (secondary N) is 1. The largest absolute Gasteiger partial charge is 0.343 e. The lowest BCUT2D eigenvalue weighted by molar-refractivity contribution is 0.0994. The molecule has 1 aromatic heterocycles. The van der Waals surface area contributed by atoms with Gasteiger partial charge in [-0.05, 0) is 25.5 Å². The summed E-state index contributed by atoms with van der Waals surface area (Å²) in [5.74, 6) is 0.0231. The van der Waals surface area contributed by atoms with Crippen LogP contribution in [0.15, 0.2) is 38.7 Å². The van der Waals surface area contributed by atoms with Crippen LogP contribution in [0, 0.1) is 0 Å². The Morgan fingerprint density at radius 3 is 2.73 bits per heavy atom. The molecule has 0 aliphatic rings. The number of benzene rings is 1. The molecule has 0 radical (unpaired) electrons. The number of thioether (sulfide) groups is 1. The lowest BCUT2D eigenvalue weighted by atomic mass is 10.1. The van der Waals surface area contributed by atoms with Crippen LogP contribution in [0.25, 0.3) is 0 Å². The zero-order valence-corrected chi connectivity index (χ0v) is 14.9. The van der Waals surface area contributed by atoms with Gasteiger partial charge in [-0.2, -0.15) is 0 Å². The van der Waals surface area contributed by atoms with Gasteiger partial charge in [0, 0.05) is 16.6 Å². The van der Waals surface area contributed by atoms with Crippen molar-refractivity contribution in [1.82, 2.24) is 14.8 Å². The Kier molecular flexibility index (Phi) is 6.02. The summed E-state index contributed by atoms with van der Waals surface area (Å²) in [5, 5.41) is 6.74. The lowest BCUT2D eigenvalue weighted by Crippen LogP contribution is -2.19. The van der Waals surface area contributed by atoms with E-state index in [1.807, 2.05) is 19.1 Å². The van der Waals surface area contributed by atoms with Gasteiger partial charge in [0.25, 0.3) is 0 Å². The van der Waals surface area contributed by atoms with Crippen molar-refractivity contribution in [3.63, 3.8) is 0 Å². The number of Topliss-reactive ketones (excluding diaryl/α,β-unsaturated/α-hetero) is 1. The van der Waals surface area contributed by atoms with Crippen molar-refractivity contribution in [3.05, 3.63) is 44.8 Å². The van der Waals surface area contributed by atoms with Crippen molar-refractivity contribution in [2.45, 2.75) is 43.6 Å². The number of unbranched alkanes of at least 4 members (excludes halogenated alkanes) is 1. The molecular formula is C15H18BrN3O2S. The monoisotopic (exact) mass is 383 g/mol. The van der Waals surface area contributed by atoms with Crippen molar-refractivity contribution in [1.29, 1.82) is 0 Å². The van der Waals surface area contributed by atoms with Crippen LogP contribution in [-0.4, -0.2) is 25.8 Å². The van der Waals surface area contributed by atoms with Crippen LogP contribution >= 0.6 is 27.7 Å². The summed E-state index contributed by atoms with van der Waals surface area (Å²) in [4.78, 5) is 24.2. The Morgan fingerprint density at radius 2 is 2.09 bits per heavy atom. The van der Waals surface area contributed by atoms with Crippen LogP contribution in [-0.2, 0) is 6.54 Å². The first-order valence-corrected chi connectivity index (χ1v) is 8.81. The van der Waals surface area contributed by atoms with Crippen LogP contribution < -0.4 is 5.69 Å². The number of hydrogen-bond donors (Lipinski definition) is 1. The van der Waals surface area contributed by atoms with Gasteiger partial charge in [-0.15, -0.1) is 5.10 Å². The van der Waals surface area contributed by atoms with E-state index < -0.39 is 0 Å². The first-order chi connectivity index (χ1) is 10.5. The number of ketones is 1. The van der Waals surface area contributed by atoms with Gasteiger partial charge >= 0.3 is 5.69 Å². The fraction of sp³-hybridized carbons (Fsp3) is 0.400. The molecule has 2 rings (SSSR count). The Balaban J connectivity index is 2.11. The average molecular weight is 384 g/mol. The van der Waals surface area contributed by atoms with E-state index >= 15 is 0 Å². The van der Waals surface area contributed by atoms with Gasteiger partial charge in [0.15, 0.2) is 10.9 Å². The molecule has 1 heterocycles. The Labute approximate surface area is 141 Å². The summed E-state index contributed by atoms with van der Waals surface area (Å²) >= 11 is 4.66. The Hall–Kier alpha value is -1.34. The minimum Gasteiger partial charge on any atom is -0.293 e.